The zero-order valence-electron chi connectivity index (χ0n) is 7.70. The van der Waals surface area contributed by atoms with Crippen molar-refractivity contribution in [3.05, 3.63) is 33.7 Å². The van der Waals surface area contributed by atoms with E-state index in [1.807, 2.05) is 29.9 Å². The first-order valence-corrected chi connectivity index (χ1v) is 5.42. The molecule has 2 heterocycles. The first-order valence-electron chi connectivity index (χ1n) is 4.22. The predicted molar refractivity (Wildman–Crippen MR) is 60.2 cm³/mol. The van der Waals surface area contributed by atoms with Gasteiger partial charge in [-0.05, 0) is 12.1 Å². The highest BCUT2D eigenvalue weighted by Crippen LogP contribution is 2.22. The van der Waals surface area contributed by atoms with Crippen molar-refractivity contribution in [3.8, 4) is 0 Å². The summed E-state index contributed by atoms with van der Waals surface area (Å²) in [4.78, 5) is 5.39. The molecular formula is C9H10ClN3S. The molecule has 3 nitrogen and oxygen atoms in total. The highest BCUT2D eigenvalue weighted by atomic mass is 35.5. The summed E-state index contributed by atoms with van der Waals surface area (Å²) in [6.45, 7) is 0.813. The van der Waals surface area contributed by atoms with Gasteiger partial charge in [-0.15, -0.1) is 11.3 Å². The van der Waals surface area contributed by atoms with E-state index in [1.54, 1.807) is 17.5 Å². The van der Waals surface area contributed by atoms with Crippen LogP contribution in [0.4, 0.5) is 5.95 Å². The number of thiophene rings is 1. The quantitative estimate of drug-likeness (QED) is 0.874. The maximum absolute atomic E-state index is 5.85. The van der Waals surface area contributed by atoms with Crippen molar-refractivity contribution in [3.63, 3.8) is 0 Å². The molecule has 0 amide bonds. The monoisotopic (exact) mass is 227 g/mol. The zero-order valence-corrected chi connectivity index (χ0v) is 9.27. The number of anilines is 1. The fourth-order valence-electron chi connectivity index (χ4n) is 1.27. The van der Waals surface area contributed by atoms with Crippen LogP contribution in [-0.4, -0.2) is 16.6 Å². The minimum absolute atomic E-state index is 0.813. The van der Waals surface area contributed by atoms with Crippen molar-refractivity contribution in [2.24, 2.45) is 0 Å². The summed E-state index contributed by atoms with van der Waals surface area (Å²) in [6, 6.07) is 3.95. The summed E-state index contributed by atoms with van der Waals surface area (Å²) in [5.74, 6) is 0.870. The van der Waals surface area contributed by atoms with Crippen molar-refractivity contribution >= 4 is 28.9 Å². The normalized spacial score (nSPS) is 10.4. The molecule has 2 aromatic heterocycles. The summed E-state index contributed by atoms with van der Waals surface area (Å²) < 4.78 is 2.87. The molecule has 0 radical (unpaired) electrons. The van der Waals surface area contributed by atoms with E-state index < -0.39 is 0 Å². The van der Waals surface area contributed by atoms with Gasteiger partial charge in [-0.2, -0.15) is 0 Å². The van der Waals surface area contributed by atoms with Crippen LogP contribution in [0.25, 0.3) is 0 Å². The molecule has 0 fully saturated rings. The van der Waals surface area contributed by atoms with E-state index >= 15 is 0 Å². The van der Waals surface area contributed by atoms with Gasteiger partial charge in [0, 0.05) is 24.3 Å². The summed E-state index contributed by atoms with van der Waals surface area (Å²) in [6.07, 6.45) is 3.72. The Morgan fingerprint density at radius 2 is 2.43 bits per heavy atom. The average Bonchev–Trinajstić information content (AvgIpc) is 2.76. The highest BCUT2D eigenvalue weighted by Gasteiger charge is 2.02. The number of halogens is 1. The molecule has 0 spiro atoms. The molecule has 0 aliphatic carbocycles. The predicted octanol–water partition coefficient (Wildman–Crippen LogP) is 2.69. The third kappa shape index (κ3) is 1.91. The summed E-state index contributed by atoms with van der Waals surface area (Å²) in [5, 5.41) is 3.03. The van der Waals surface area contributed by atoms with Crippen LogP contribution in [0.2, 0.25) is 4.34 Å². The number of imidazole rings is 1. The molecule has 0 aromatic carbocycles. The molecule has 2 aromatic rings. The summed E-state index contributed by atoms with van der Waals surface area (Å²) in [7, 11) is 1.86. The molecule has 14 heavy (non-hydrogen) atoms. The van der Waals surface area contributed by atoms with Gasteiger partial charge in [-0.1, -0.05) is 11.6 Å². The van der Waals surface area contributed by atoms with Crippen LogP contribution in [0, 0.1) is 0 Å². The van der Waals surface area contributed by atoms with E-state index in [0.717, 1.165) is 16.8 Å². The lowest BCUT2D eigenvalue weighted by Crippen LogP contribution is -2.02. The maximum atomic E-state index is 5.85. The lowest BCUT2D eigenvalue weighted by atomic mass is 10.4. The first-order chi connectivity index (χ1) is 6.79. The van der Waals surface area contributed by atoms with E-state index in [4.69, 9.17) is 11.6 Å². The molecule has 0 unspecified atom stereocenters. The number of nitrogens with zero attached hydrogens (tertiary/aromatic N) is 2. The Bertz CT molecular complexity index is 421. The Labute approximate surface area is 91.4 Å². The van der Waals surface area contributed by atoms with Crippen LogP contribution in [0.15, 0.2) is 24.5 Å². The van der Waals surface area contributed by atoms with Gasteiger partial charge in [0.15, 0.2) is 0 Å². The molecule has 2 rings (SSSR count). The SMILES string of the molecule is CNc1nccn1Cc1ccc(Cl)s1. The van der Waals surface area contributed by atoms with Crippen LogP contribution < -0.4 is 5.32 Å². The molecule has 0 aliphatic heterocycles. The van der Waals surface area contributed by atoms with E-state index in [0.29, 0.717) is 0 Å². The van der Waals surface area contributed by atoms with Gasteiger partial charge in [0.1, 0.15) is 0 Å². The van der Waals surface area contributed by atoms with Crippen molar-refractivity contribution in [2.75, 3.05) is 12.4 Å². The van der Waals surface area contributed by atoms with Crippen LogP contribution in [0.3, 0.4) is 0 Å². The number of rotatable bonds is 3. The Morgan fingerprint density at radius 3 is 3.07 bits per heavy atom. The zero-order chi connectivity index (χ0) is 9.97. The summed E-state index contributed by atoms with van der Waals surface area (Å²) in [5.41, 5.74) is 0. The average molecular weight is 228 g/mol. The van der Waals surface area contributed by atoms with Gasteiger partial charge in [-0.3, -0.25) is 0 Å². The fourth-order valence-corrected chi connectivity index (χ4v) is 2.36. The van der Waals surface area contributed by atoms with Gasteiger partial charge in [0.2, 0.25) is 5.95 Å². The molecule has 1 N–H and O–H groups in total. The maximum Gasteiger partial charge on any atom is 0.202 e. The molecule has 0 aliphatic rings. The second-order valence-corrected chi connectivity index (χ2v) is 4.63. The highest BCUT2D eigenvalue weighted by molar-refractivity contribution is 7.16. The van der Waals surface area contributed by atoms with Gasteiger partial charge < -0.3 is 9.88 Å². The van der Waals surface area contributed by atoms with Gasteiger partial charge in [0.25, 0.3) is 0 Å². The molecular weight excluding hydrogens is 218 g/mol. The third-order valence-electron chi connectivity index (χ3n) is 1.89. The van der Waals surface area contributed by atoms with Crippen LogP contribution in [-0.2, 0) is 6.54 Å². The van der Waals surface area contributed by atoms with Gasteiger partial charge in [0.05, 0.1) is 10.9 Å². The number of hydrogen-bond donors (Lipinski definition) is 1. The van der Waals surface area contributed by atoms with Crippen molar-refractivity contribution in [1.82, 2.24) is 9.55 Å². The lowest BCUT2D eigenvalue weighted by molar-refractivity contribution is 0.818. The smallest absolute Gasteiger partial charge is 0.202 e. The van der Waals surface area contributed by atoms with Crippen LogP contribution in [0.1, 0.15) is 4.88 Å². The number of aromatic nitrogens is 2. The minimum Gasteiger partial charge on any atom is -0.359 e. The molecule has 0 atom stereocenters. The Hall–Kier alpha value is -1.000. The number of hydrogen-bond acceptors (Lipinski definition) is 3. The molecule has 74 valence electrons. The first kappa shape index (κ1) is 9.55. The van der Waals surface area contributed by atoms with E-state index in [9.17, 15) is 0 Å². The second kappa shape index (κ2) is 4.02. The molecule has 5 heteroatoms. The topological polar surface area (TPSA) is 29.9 Å². The second-order valence-electron chi connectivity index (χ2n) is 2.83. The van der Waals surface area contributed by atoms with E-state index in [2.05, 4.69) is 10.3 Å². The number of nitrogens with one attached hydrogen (secondary N) is 1. The van der Waals surface area contributed by atoms with Crippen LogP contribution >= 0.6 is 22.9 Å². The van der Waals surface area contributed by atoms with Gasteiger partial charge >= 0.3 is 0 Å². The van der Waals surface area contributed by atoms with E-state index in [-0.39, 0.29) is 0 Å². The lowest BCUT2D eigenvalue weighted by Gasteiger charge is -2.04. The molecule has 0 bridgehead atoms. The van der Waals surface area contributed by atoms with Crippen molar-refractivity contribution < 1.29 is 0 Å². The minimum atomic E-state index is 0.813. The fraction of sp³-hybridized carbons (Fsp3) is 0.222. The Morgan fingerprint density at radius 1 is 1.57 bits per heavy atom. The van der Waals surface area contributed by atoms with Gasteiger partial charge in [-0.25, -0.2) is 4.98 Å². The van der Waals surface area contributed by atoms with Crippen molar-refractivity contribution in [2.45, 2.75) is 6.54 Å². The third-order valence-corrected chi connectivity index (χ3v) is 3.11. The largest absolute Gasteiger partial charge is 0.359 e. The van der Waals surface area contributed by atoms with Crippen LogP contribution in [0.5, 0.6) is 0 Å². The van der Waals surface area contributed by atoms with Crippen molar-refractivity contribution in [1.29, 1.82) is 0 Å². The standard InChI is InChI=1S/C9H10ClN3S/c1-11-9-12-4-5-13(9)6-7-2-3-8(10)14-7/h2-5H,6H2,1H3,(H,11,12). The molecule has 0 saturated heterocycles. The van der Waals surface area contributed by atoms with E-state index in [1.165, 1.54) is 4.88 Å². The summed E-state index contributed by atoms with van der Waals surface area (Å²) >= 11 is 7.45. The Kier molecular flexibility index (Phi) is 2.74. The Balaban J connectivity index is 2.18. The molecule has 0 saturated carbocycles.